The van der Waals surface area contributed by atoms with E-state index in [4.69, 9.17) is 13.3 Å². The van der Waals surface area contributed by atoms with Gasteiger partial charge in [0.1, 0.15) is 0 Å². The Kier molecular flexibility index (Phi) is 7.72. The molecule has 0 rings (SSSR count). The molecule has 0 N–H and O–H groups in total. The third-order valence-corrected chi connectivity index (χ3v) is 5.34. The van der Waals surface area contributed by atoms with E-state index in [0.717, 1.165) is 19.6 Å². The predicted molar refractivity (Wildman–Crippen MR) is 91.4 cm³/mol. The first-order valence-electron chi connectivity index (χ1n) is 7.24. The van der Waals surface area contributed by atoms with Crippen LogP contribution >= 0.6 is 0 Å². The van der Waals surface area contributed by atoms with Crippen LogP contribution in [-0.4, -0.2) is 44.3 Å². The van der Waals surface area contributed by atoms with Crippen LogP contribution in [0.2, 0.25) is 58.9 Å². The average Bonchev–Trinajstić information content (AvgIpc) is 2.08. The SMILES string of the molecule is C[Si](C)(C)OCC[C@@H](CO[Si](C)(C)C)O[Si](C)(C)C. The fourth-order valence-electron chi connectivity index (χ4n) is 1.52. The van der Waals surface area contributed by atoms with E-state index in [0.29, 0.717) is 0 Å². The second kappa shape index (κ2) is 7.51. The largest absolute Gasteiger partial charge is 0.418 e. The molecule has 0 fully saturated rings. The van der Waals surface area contributed by atoms with E-state index in [1.807, 2.05) is 0 Å². The zero-order valence-electron chi connectivity index (χ0n) is 14.4. The third-order valence-electron chi connectivity index (χ3n) is 2.20. The summed E-state index contributed by atoms with van der Waals surface area (Å²) >= 11 is 0. The van der Waals surface area contributed by atoms with E-state index in [1.54, 1.807) is 0 Å². The van der Waals surface area contributed by atoms with Crippen LogP contribution in [0.4, 0.5) is 0 Å². The number of hydrogen-bond donors (Lipinski definition) is 0. The van der Waals surface area contributed by atoms with Crippen LogP contribution in [-0.2, 0) is 13.3 Å². The molecule has 0 aromatic carbocycles. The summed E-state index contributed by atoms with van der Waals surface area (Å²) in [7, 11) is -4.41. The minimum Gasteiger partial charge on any atom is -0.418 e. The summed E-state index contributed by atoms with van der Waals surface area (Å²) in [4.78, 5) is 0. The van der Waals surface area contributed by atoms with Crippen LogP contribution in [0.3, 0.4) is 0 Å². The zero-order chi connectivity index (χ0) is 15.3. The van der Waals surface area contributed by atoms with Crippen molar-refractivity contribution in [3.63, 3.8) is 0 Å². The van der Waals surface area contributed by atoms with Crippen molar-refractivity contribution >= 4 is 25.0 Å². The molecule has 19 heavy (non-hydrogen) atoms. The normalized spacial score (nSPS) is 15.6. The molecule has 0 aromatic rings. The first-order chi connectivity index (χ1) is 8.29. The van der Waals surface area contributed by atoms with Crippen molar-refractivity contribution in [2.75, 3.05) is 13.2 Å². The van der Waals surface area contributed by atoms with Gasteiger partial charge in [-0.3, -0.25) is 0 Å². The number of hydrogen-bond acceptors (Lipinski definition) is 3. The quantitative estimate of drug-likeness (QED) is 0.592. The van der Waals surface area contributed by atoms with Crippen molar-refractivity contribution in [3.05, 3.63) is 0 Å². The van der Waals surface area contributed by atoms with Gasteiger partial charge in [-0.2, -0.15) is 0 Å². The standard InChI is InChI=1S/C13H34O3Si3/c1-17(2,3)14-11-10-13(16-19(7,8)9)12-15-18(4,5)6/h13H,10-12H2,1-9H3/t13-/m0/s1. The Morgan fingerprint density at radius 2 is 1.16 bits per heavy atom. The Morgan fingerprint density at radius 3 is 1.53 bits per heavy atom. The zero-order valence-corrected chi connectivity index (χ0v) is 17.4. The second-order valence-corrected chi connectivity index (χ2v) is 21.5. The van der Waals surface area contributed by atoms with Crippen molar-refractivity contribution in [2.24, 2.45) is 0 Å². The average molecular weight is 323 g/mol. The van der Waals surface area contributed by atoms with Gasteiger partial charge in [0.05, 0.1) is 12.7 Å². The van der Waals surface area contributed by atoms with Crippen LogP contribution in [0.1, 0.15) is 6.42 Å². The molecule has 0 bridgehead atoms. The Labute approximate surface area is 123 Å². The highest BCUT2D eigenvalue weighted by Crippen LogP contribution is 2.14. The van der Waals surface area contributed by atoms with E-state index in [-0.39, 0.29) is 6.10 Å². The van der Waals surface area contributed by atoms with Gasteiger partial charge in [-0.1, -0.05) is 0 Å². The van der Waals surface area contributed by atoms with Gasteiger partial charge in [0, 0.05) is 6.61 Å². The number of rotatable bonds is 9. The molecule has 6 heteroatoms. The lowest BCUT2D eigenvalue weighted by Gasteiger charge is -2.30. The minimum atomic E-state index is -1.52. The molecule has 0 aromatic heterocycles. The first-order valence-corrected chi connectivity index (χ1v) is 17.5. The van der Waals surface area contributed by atoms with E-state index in [9.17, 15) is 0 Å². The molecular weight excluding hydrogens is 288 g/mol. The highest BCUT2D eigenvalue weighted by Gasteiger charge is 2.24. The molecule has 0 saturated heterocycles. The van der Waals surface area contributed by atoms with Crippen LogP contribution in [0.5, 0.6) is 0 Å². The molecular formula is C13H34O3Si3. The lowest BCUT2D eigenvalue weighted by Crippen LogP contribution is -2.39. The molecule has 0 aliphatic heterocycles. The van der Waals surface area contributed by atoms with Gasteiger partial charge in [-0.25, -0.2) is 0 Å². The summed E-state index contributed by atoms with van der Waals surface area (Å²) in [5, 5.41) is 0. The maximum atomic E-state index is 6.22. The minimum absolute atomic E-state index is 0.190. The molecule has 1 atom stereocenters. The third kappa shape index (κ3) is 14.7. The van der Waals surface area contributed by atoms with E-state index in [1.165, 1.54) is 0 Å². The first kappa shape index (κ1) is 19.5. The monoisotopic (exact) mass is 322 g/mol. The molecule has 0 amide bonds. The fourth-order valence-corrected chi connectivity index (χ4v) is 4.12. The van der Waals surface area contributed by atoms with Gasteiger partial charge in [-0.15, -0.1) is 0 Å². The molecule has 116 valence electrons. The summed E-state index contributed by atoms with van der Waals surface area (Å²) < 4.78 is 18.2. The van der Waals surface area contributed by atoms with E-state index in [2.05, 4.69) is 58.9 Å². The molecule has 0 aliphatic carbocycles. The van der Waals surface area contributed by atoms with Crippen LogP contribution in [0.25, 0.3) is 0 Å². The Bertz CT molecular complexity index is 251. The maximum Gasteiger partial charge on any atom is 0.184 e. The van der Waals surface area contributed by atoms with Gasteiger partial charge >= 0.3 is 0 Å². The molecule has 3 nitrogen and oxygen atoms in total. The van der Waals surface area contributed by atoms with Crippen LogP contribution in [0, 0.1) is 0 Å². The smallest absolute Gasteiger partial charge is 0.184 e. The summed E-state index contributed by atoms with van der Waals surface area (Å²) in [5.41, 5.74) is 0. The second-order valence-electron chi connectivity index (χ2n) is 8.03. The Balaban J connectivity index is 4.27. The van der Waals surface area contributed by atoms with E-state index < -0.39 is 25.0 Å². The summed E-state index contributed by atoms with van der Waals surface area (Å²) in [6, 6.07) is 0. The predicted octanol–water partition coefficient (Wildman–Crippen LogP) is 4.30. The molecule has 0 radical (unpaired) electrons. The topological polar surface area (TPSA) is 27.7 Å². The Hall–Kier alpha value is 0.531. The lowest BCUT2D eigenvalue weighted by molar-refractivity contribution is 0.0955. The van der Waals surface area contributed by atoms with Gasteiger partial charge in [-0.05, 0) is 65.3 Å². The molecule has 0 spiro atoms. The van der Waals surface area contributed by atoms with Gasteiger partial charge < -0.3 is 13.3 Å². The highest BCUT2D eigenvalue weighted by atomic mass is 28.4. The molecule has 0 heterocycles. The Morgan fingerprint density at radius 1 is 0.684 bits per heavy atom. The maximum absolute atomic E-state index is 6.22. The molecule has 0 unspecified atom stereocenters. The van der Waals surface area contributed by atoms with Crippen molar-refractivity contribution in [1.29, 1.82) is 0 Å². The molecule has 0 saturated carbocycles. The van der Waals surface area contributed by atoms with Crippen molar-refractivity contribution < 1.29 is 13.3 Å². The van der Waals surface area contributed by atoms with Crippen molar-refractivity contribution in [2.45, 2.75) is 71.4 Å². The lowest BCUT2D eigenvalue weighted by atomic mass is 10.3. The van der Waals surface area contributed by atoms with Gasteiger partial charge in [0.2, 0.25) is 0 Å². The highest BCUT2D eigenvalue weighted by molar-refractivity contribution is 6.70. The van der Waals surface area contributed by atoms with Crippen LogP contribution < -0.4 is 0 Å². The van der Waals surface area contributed by atoms with Crippen LogP contribution in [0.15, 0.2) is 0 Å². The summed E-state index contributed by atoms with van der Waals surface area (Å²) in [6.07, 6.45) is 1.13. The van der Waals surface area contributed by atoms with Gasteiger partial charge in [0.15, 0.2) is 25.0 Å². The summed E-state index contributed by atoms with van der Waals surface area (Å²) in [6.45, 7) is 21.5. The van der Waals surface area contributed by atoms with Crippen molar-refractivity contribution in [1.82, 2.24) is 0 Å². The van der Waals surface area contributed by atoms with Gasteiger partial charge in [0.25, 0.3) is 0 Å². The fraction of sp³-hybridized carbons (Fsp3) is 1.00. The van der Waals surface area contributed by atoms with Crippen molar-refractivity contribution in [3.8, 4) is 0 Å². The van der Waals surface area contributed by atoms with E-state index >= 15 is 0 Å². The summed E-state index contributed by atoms with van der Waals surface area (Å²) in [5.74, 6) is 0. The molecule has 0 aliphatic rings.